The molecule has 0 saturated heterocycles. The van der Waals surface area contributed by atoms with Crippen LogP contribution >= 0.6 is 0 Å². The first-order valence-electron chi connectivity index (χ1n) is 7.40. The maximum Gasteiger partial charge on any atom is 0.0579 e. The maximum atomic E-state index is 3.64. The van der Waals surface area contributed by atoms with Crippen molar-refractivity contribution in [2.45, 2.75) is 40.7 Å². The molecule has 0 heterocycles. The van der Waals surface area contributed by atoms with Gasteiger partial charge in [0.25, 0.3) is 0 Å². The van der Waals surface area contributed by atoms with E-state index in [9.17, 15) is 0 Å². The molecule has 1 unspecified atom stereocenters. The fourth-order valence-corrected chi connectivity index (χ4v) is 2.86. The minimum absolute atomic E-state index is 0.276. The Morgan fingerprint density at radius 1 is 0.850 bits per heavy atom. The molecule has 0 aliphatic rings. The number of benzene rings is 2. The monoisotopic (exact) mass is 267 g/mol. The van der Waals surface area contributed by atoms with E-state index in [1.54, 1.807) is 0 Å². The molecule has 106 valence electrons. The highest BCUT2D eigenvalue weighted by atomic mass is 14.9. The molecule has 1 nitrogen and oxygen atoms in total. The SMILES string of the molecule is CCNC(c1cc(C)cc(C)c1)c1cc(C)ccc1C. The minimum atomic E-state index is 0.276. The molecule has 2 aromatic rings. The molecule has 0 fully saturated rings. The molecule has 0 bridgehead atoms. The van der Waals surface area contributed by atoms with Crippen LogP contribution in [0.15, 0.2) is 36.4 Å². The zero-order valence-corrected chi connectivity index (χ0v) is 13.2. The summed E-state index contributed by atoms with van der Waals surface area (Å²) in [6, 6.07) is 13.8. The second kappa shape index (κ2) is 6.23. The zero-order valence-electron chi connectivity index (χ0n) is 13.2. The van der Waals surface area contributed by atoms with E-state index in [-0.39, 0.29) is 6.04 Å². The number of nitrogens with one attached hydrogen (secondary N) is 1. The Bertz CT molecular complexity index is 578. The molecule has 0 aliphatic carbocycles. The standard InChI is InChI=1S/C19H25N/c1-6-20-19(17-10-14(3)9-15(4)11-17)18-12-13(2)7-8-16(18)5/h7-12,19-20H,6H2,1-5H3. The van der Waals surface area contributed by atoms with Gasteiger partial charge in [-0.1, -0.05) is 60.0 Å². The van der Waals surface area contributed by atoms with E-state index in [4.69, 9.17) is 0 Å². The Hall–Kier alpha value is -1.60. The van der Waals surface area contributed by atoms with Crippen molar-refractivity contribution in [1.82, 2.24) is 5.32 Å². The highest BCUT2D eigenvalue weighted by molar-refractivity contribution is 5.41. The van der Waals surface area contributed by atoms with E-state index >= 15 is 0 Å². The van der Waals surface area contributed by atoms with Crippen molar-refractivity contribution in [3.8, 4) is 0 Å². The van der Waals surface area contributed by atoms with E-state index in [1.807, 2.05) is 0 Å². The van der Waals surface area contributed by atoms with Gasteiger partial charge in [0.05, 0.1) is 6.04 Å². The lowest BCUT2D eigenvalue weighted by atomic mass is 9.92. The third-order valence-corrected chi connectivity index (χ3v) is 3.73. The number of hydrogen-bond acceptors (Lipinski definition) is 1. The van der Waals surface area contributed by atoms with Gasteiger partial charge in [0.2, 0.25) is 0 Å². The first-order chi connectivity index (χ1) is 9.51. The summed E-state index contributed by atoms with van der Waals surface area (Å²) >= 11 is 0. The van der Waals surface area contributed by atoms with Gasteiger partial charge < -0.3 is 5.32 Å². The molecular weight excluding hydrogens is 242 g/mol. The molecule has 0 aliphatic heterocycles. The van der Waals surface area contributed by atoms with Crippen LogP contribution in [0.2, 0.25) is 0 Å². The number of hydrogen-bond donors (Lipinski definition) is 1. The van der Waals surface area contributed by atoms with Crippen LogP contribution in [0.4, 0.5) is 0 Å². The fraction of sp³-hybridized carbons (Fsp3) is 0.368. The fourth-order valence-electron chi connectivity index (χ4n) is 2.86. The molecule has 1 atom stereocenters. The normalized spacial score (nSPS) is 12.4. The lowest BCUT2D eigenvalue weighted by Crippen LogP contribution is -2.23. The third-order valence-electron chi connectivity index (χ3n) is 3.73. The quantitative estimate of drug-likeness (QED) is 0.852. The molecule has 0 aromatic heterocycles. The minimum Gasteiger partial charge on any atom is -0.307 e. The highest BCUT2D eigenvalue weighted by Gasteiger charge is 2.15. The summed E-state index contributed by atoms with van der Waals surface area (Å²) in [5.74, 6) is 0. The Labute approximate surface area is 123 Å². The lowest BCUT2D eigenvalue weighted by molar-refractivity contribution is 0.626. The molecule has 2 rings (SSSR count). The first kappa shape index (κ1) is 14.8. The smallest absolute Gasteiger partial charge is 0.0579 e. The summed E-state index contributed by atoms with van der Waals surface area (Å²) in [7, 11) is 0. The van der Waals surface area contributed by atoms with Crippen LogP contribution in [0.3, 0.4) is 0 Å². The molecule has 1 heteroatoms. The van der Waals surface area contributed by atoms with Gasteiger partial charge >= 0.3 is 0 Å². The summed E-state index contributed by atoms with van der Waals surface area (Å²) in [6.07, 6.45) is 0. The average molecular weight is 267 g/mol. The average Bonchev–Trinajstić information content (AvgIpc) is 2.38. The van der Waals surface area contributed by atoms with Crippen molar-refractivity contribution in [2.75, 3.05) is 6.54 Å². The van der Waals surface area contributed by atoms with Crippen LogP contribution in [0.1, 0.15) is 46.3 Å². The van der Waals surface area contributed by atoms with Crippen molar-refractivity contribution in [3.05, 3.63) is 69.8 Å². The van der Waals surface area contributed by atoms with Gasteiger partial charge in [-0.3, -0.25) is 0 Å². The summed E-state index contributed by atoms with van der Waals surface area (Å²) < 4.78 is 0. The summed E-state index contributed by atoms with van der Waals surface area (Å²) in [5, 5.41) is 3.64. The Morgan fingerprint density at radius 2 is 1.50 bits per heavy atom. The second-order valence-corrected chi connectivity index (χ2v) is 5.77. The second-order valence-electron chi connectivity index (χ2n) is 5.77. The van der Waals surface area contributed by atoms with E-state index < -0.39 is 0 Å². The summed E-state index contributed by atoms with van der Waals surface area (Å²) in [6.45, 7) is 11.8. The van der Waals surface area contributed by atoms with Crippen LogP contribution < -0.4 is 5.32 Å². The summed E-state index contributed by atoms with van der Waals surface area (Å²) in [5.41, 5.74) is 8.06. The summed E-state index contributed by atoms with van der Waals surface area (Å²) in [4.78, 5) is 0. The van der Waals surface area contributed by atoms with E-state index in [0.29, 0.717) is 0 Å². The zero-order chi connectivity index (χ0) is 14.7. The van der Waals surface area contributed by atoms with Crippen molar-refractivity contribution < 1.29 is 0 Å². The van der Waals surface area contributed by atoms with Gasteiger partial charge in [-0.15, -0.1) is 0 Å². The molecular formula is C19H25N. The van der Waals surface area contributed by atoms with Gasteiger partial charge in [-0.25, -0.2) is 0 Å². The lowest BCUT2D eigenvalue weighted by Gasteiger charge is -2.22. The number of aryl methyl sites for hydroxylation is 4. The molecule has 0 radical (unpaired) electrons. The van der Waals surface area contributed by atoms with Gasteiger partial charge in [0.15, 0.2) is 0 Å². The van der Waals surface area contributed by atoms with Gasteiger partial charge in [-0.2, -0.15) is 0 Å². The van der Waals surface area contributed by atoms with E-state index in [0.717, 1.165) is 6.54 Å². The van der Waals surface area contributed by atoms with Gasteiger partial charge in [0, 0.05) is 0 Å². The Morgan fingerprint density at radius 3 is 2.10 bits per heavy atom. The van der Waals surface area contributed by atoms with Crippen molar-refractivity contribution in [1.29, 1.82) is 0 Å². The highest BCUT2D eigenvalue weighted by Crippen LogP contribution is 2.27. The predicted octanol–water partition coefficient (Wildman–Crippen LogP) is 4.62. The molecule has 1 N–H and O–H groups in total. The van der Waals surface area contributed by atoms with Crippen LogP contribution in [0, 0.1) is 27.7 Å². The maximum absolute atomic E-state index is 3.64. The van der Waals surface area contributed by atoms with Crippen LogP contribution in [-0.2, 0) is 0 Å². The van der Waals surface area contributed by atoms with Crippen LogP contribution in [0.25, 0.3) is 0 Å². The van der Waals surface area contributed by atoms with Crippen LogP contribution in [-0.4, -0.2) is 6.54 Å². The Kier molecular flexibility index (Phi) is 4.61. The molecule has 2 aromatic carbocycles. The molecule has 0 saturated carbocycles. The van der Waals surface area contributed by atoms with Crippen LogP contribution in [0.5, 0.6) is 0 Å². The van der Waals surface area contributed by atoms with E-state index in [1.165, 1.54) is 33.4 Å². The van der Waals surface area contributed by atoms with Gasteiger partial charge in [-0.05, 0) is 50.9 Å². The Balaban J connectivity index is 2.52. The molecule has 0 spiro atoms. The van der Waals surface area contributed by atoms with Crippen molar-refractivity contribution in [2.24, 2.45) is 0 Å². The predicted molar refractivity (Wildman–Crippen MR) is 87.4 cm³/mol. The topological polar surface area (TPSA) is 12.0 Å². The number of rotatable bonds is 4. The van der Waals surface area contributed by atoms with E-state index in [2.05, 4.69) is 76.3 Å². The van der Waals surface area contributed by atoms with Crippen molar-refractivity contribution >= 4 is 0 Å². The third kappa shape index (κ3) is 3.29. The van der Waals surface area contributed by atoms with Gasteiger partial charge in [0.1, 0.15) is 0 Å². The molecule has 20 heavy (non-hydrogen) atoms. The van der Waals surface area contributed by atoms with Crippen molar-refractivity contribution in [3.63, 3.8) is 0 Å². The first-order valence-corrected chi connectivity index (χ1v) is 7.40. The largest absolute Gasteiger partial charge is 0.307 e. The molecule has 0 amide bonds.